The number of phenolic OH excluding ortho intramolecular Hbond substituents is 1. The maximum Gasteiger partial charge on any atom is 0.257 e. The number of amides is 1. The second-order valence-corrected chi connectivity index (χ2v) is 9.47. The summed E-state index contributed by atoms with van der Waals surface area (Å²) in [6.45, 7) is 4.45. The number of hydrogen-bond acceptors (Lipinski definition) is 8. The minimum Gasteiger partial charge on any atom is -0.504 e. The van der Waals surface area contributed by atoms with E-state index in [9.17, 15) is 14.3 Å². The molecule has 0 spiro atoms. The molecule has 1 amide bonds. The van der Waals surface area contributed by atoms with E-state index in [1.165, 1.54) is 42.1 Å². The molecule has 2 saturated heterocycles. The molecule has 0 bridgehead atoms. The zero-order valence-electron chi connectivity index (χ0n) is 19.1. The van der Waals surface area contributed by atoms with Gasteiger partial charge in [0.1, 0.15) is 0 Å². The van der Waals surface area contributed by atoms with Gasteiger partial charge >= 0.3 is 0 Å². The second-order valence-electron chi connectivity index (χ2n) is 8.43. The van der Waals surface area contributed by atoms with Crippen LogP contribution < -0.4 is 10.2 Å². The van der Waals surface area contributed by atoms with Crippen molar-refractivity contribution in [3.8, 4) is 16.2 Å². The van der Waals surface area contributed by atoms with E-state index in [1.54, 1.807) is 11.2 Å². The third kappa shape index (κ3) is 5.44. The molecule has 3 aromatic rings. The minimum absolute atomic E-state index is 0.0662. The summed E-state index contributed by atoms with van der Waals surface area (Å²) < 4.78 is 19.6. The summed E-state index contributed by atoms with van der Waals surface area (Å²) in [4.78, 5) is 20.5. The lowest BCUT2D eigenvalue weighted by Crippen LogP contribution is -2.32. The summed E-state index contributed by atoms with van der Waals surface area (Å²) in [5.41, 5.74) is 2.41. The smallest absolute Gasteiger partial charge is 0.257 e. The third-order valence-electron chi connectivity index (χ3n) is 6.03. The molecule has 35 heavy (non-hydrogen) atoms. The largest absolute Gasteiger partial charge is 0.504 e. The van der Waals surface area contributed by atoms with E-state index < -0.39 is 17.5 Å². The molecular formula is C25H26FN5O3S. The highest BCUT2D eigenvalue weighted by molar-refractivity contribution is 7.19. The van der Waals surface area contributed by atoms with E-state index in [1.807, 2.05) is 12.1 Å². The fraction of sp³-hybridized carbons (Fsp3) is 0.320. The van der Waals surface area contributed by atoms with E-state index in [0.717, 1.165) is 29.6 Å². The average molecular weight is 496 g/mol. The Labute approximate surface area is 206 Å². The quantitative estimate of drug-likeness (QED) is 0.499. The van der Waals surface area contributed by atoms with Gasteiger partial charge in [-0.25, -0.2) is 9.37 Å². The molecule has 0 radical (unpaired) electrons. The number of anilines is 2. The standard InChI is InChI=1S/C25H26FN5O3S/c26-21-14-18(12-19(23(21)32)15-28-31-8-10-34-11-9-31)24(33)29-25-27-16-22(35-25)17-4-3-5-20(13-17)30-6-1-2-7-30/h3-5,12-16,32H,1-2,6-11H2,(H,27,29,33). The Kier molecular flexibility index (Phi) is 6.91. The van der Waals surface area contributed by atoms with E-state index in [2.05, 4.69) is 32.4 Å². The van der Waals surface area contributed by atoms with Gasteiger partial charge in [-0.05, 0) is 42.7 Å². The van der Waals surface area contributed by atoms with Crippen LogP contribution in [0.5, 0.6) is 5.75 Å². The van der Waals surface area contributed by atoms with Gasteiger partial charge in [0.25, 0.3) is 5.91 Å². The molecule has 2 aromatic carbocycles. The molecule has 0 unspecified atom stereocenters. The number of carbonyl (C=O) groups is 1. The second kappa shape index (κ2) is 10.4. The van der Waals surface area contributed by atoms with Gasteiger partial charge in [0.2, 0.25) is 0 Å². The summed E-state index contributed by atoms with van der Waals surface area (Å²) in [7, 11) is 0. The van der Waals surface area contributed by atoms with Gasteiger partial charge in [0.15, 0.2) is 16.7 Å². The van der Waals surface area contributed by atoms with Gasteiger partial charge in [-0.3, -0.25) is 15.1 Å². The number of nitrogens with one attached hydrogen (secondary N) is 1. The maximum atomic E-state index is 14.4. The topological polar surface area (TPSA) is 90.3 Å². The lowest BCUT2D eigenvalue weighted by molar-refractivity contribution is 0.0397. The highest BCUT2D eigenvalue weighted by atomic mass is 32.1. The Hall–Kier alpha value is -3.50. The Bertz CT molecular complexity index is 1240. The molecule has 3 heterocycles. The normalized spacial score (nSPS) is 16.3. The van der Waals surface area contributed by atoms with Gasteiger partial charge in [-0.2, -0.15) is 5.10 Å². The summed E-state index contributed by atoms with van der Waals surface area (Å²) in [5.74, 6) is -1.95. The van der Waals surface area contributed by atoms with Gasteiger partial charge < -0.3 is 14.7 Å². The first-order valence-electron chi connectivity index (χ1n) is 11.6. The molecule has 10 heteroatoms. The number of thiazole rings is 1. The summed E-state index contributed by atoms with van der Waals surface area (Å²) in [6.07, 6.45) is 5.50. The molecule has 2 N–H and O–H groups in total. The molecule has 8 nitrogen and oxygen atoms in total. The van der Waals surface area contributed by atoms with Crippen molar-refractivity contribution in [3.05, 3.63) is 59.5 Å². The van der Waals surface area contributed by atoms with Crippen LogP contribution in [0.1, 0.15) is 28.8 Å². The number of aromatic hydroxyl groups is 1. The van der Waals surface area contributed by atoms with Crippen LogP contribution in [0.25, 0.3) is 10.4 Å². The Morgan fingerprint density at radius 2 is 1.97 bits per heavy atom. The number of hydrazone groups is 1. The van der Waals surface area contributed by atoms with Crippen molar-refractivity contribution in [2.75, 3.05) is 49.6 Å². The van der Waals surface area contributed by atoms with Crippen LogP contribution in [0.4, 0.5) is 15.2 Å². The van der Waals surface area contributed by atoms with Crippen LogP contribution in [-0.4, -0.2) is 66.6 Å². The molecule has 2 fully saturated rings. The van der Waals surface area contributed by atoms with Gasteiger partial charge in [0, 0.05) is 36.1 Å². The monoisotopic (exact) mass is 495 g/mol. The molecule has 2 aliphatic rings. The Balaban J connectivity index is 1.30. The zero-order valence-corrected chi connectivity index (χ0v) is 19.9. The first kappa shape index (κ1) is 23.3. The number of ether oxygens (including phenoxy) is 1. The minimum atomic E-state index is -0.889. The van der Waals surface area contributed by atoms with Crippen molar-refractivity contribution in [3.63, 3.8) is 0 Å². The van der Waals surface area contributed by atoms with E-state index in [4.69, 9.17) is 4.74 Å². The first-order valence-corrected chi connectivity index (χ1v) is 12.4. The van der Waals surface area contributed by atoms with Crippen LogP contribution in [-0.2, 0) is 4.74 Å². The summed E-state index contributed by atoms with van der Waals surface area (Å²) >= 11 is 1.35. The fourth-order valence-corrected chi connectivity index (χ4v) is 4.94. The van der Waals surface area contributed by atoms with Crippen molar-refractivity contribution in [2.45, 2.75) is 12.8 Å². The predicted molar refractivity (Wildman–Crippen MR) is 135 cm³/mol. The number of morpholine rings is 1. The molecule has 1 aromatic heterocycles. The van der Waals surface area contributed by atoms with Crippen molar-refractivity contribution < 1.29 is 19.0 Å². The van der Waals surface area contributed by atoms with Crippen molar-refractivity contribution in [1.29, 1.82) is 0 Å². The third-order valence-corrected chi connectivity index (χ3v) is 6.99. The van der Waals surface area contributed by atoms with E-state index in [0.29, 0.717) is 31.4 Å². The molecule has 182 valence electrons. The zero-order chi connectivity index (χ0) is 24.2. The van der Waals surface area contributed by atoms with Crippen molar-refractivity contribution >= 4 is 34.3 Å². The van der Waals surface area contributed by atoms with E-state index in [-0.39, 0.29) is 11.1 Å². The highest BCUT2D eigenvalue weighted by Crippen LogP contribution is 2.32. The highest BCUT2D eigenvalue weighted by Gasteiger charge is 2.17. The van der Waals surface area contributed by atoms with Crippen LogP contribution in [0.3, 0.4) is 0 Å². The van der Waals surface area contributed by atoms with Crippen molar-refractivity contribution in [2.24, 2.45) is 5.10 Å². The lowest BCUT2D eigenvalue weighted by atomic mass is 10.1. The van der Waals surface area contributed by atoms with E-state index >= 15 is 0 Å². The summed E-state index contributed by atoms with van der Waals surface area (Å²) in [5, 5.41) is 19.3. The SMILES string of the molecule is O=C(Nc1ncc(-c2cccc(N3CCCC3)c2)s1)c1cc(F)c(O)c(C=NN2CCOCC2)c1. The van der Waals surface area contributed by atoms with Crippen LogP contribution in [0.2, 0.25) is 0 Å². The number of halogens is 1. The maximum absolute atomic E-state index is 14.4. The Morgan fingerprint density at radius 1 is 1.17 bits per heavy atom. The van der Waals surface area contributed by atoms with Crippen LogP contribution >= 0.6 is 11.3 Å². The lowest BCUT2D eigenvalue weighted by Gasteiger charge is -2.23. The number of carbonyl (C=O) groups excluding carboxylic acids is 1. The number of phenols is 1. The van der Waals surface area contributed by atoms with Crippen molar-refractivity contribution in [1.82, 2.24) is 9.99 Å². The summed E-state index contributed by atoms with van der Waals surface area (Å²) in [6, 6.07) is 10.7. The predicted octanol–water partition coefficient (Wildman–Crippen LogP) is 4.17. The molecule has 0 atom stereocenters. The first-order chi connectivity index (χ1) is 17.1. The molecule has 0 aliphatic carbocycles. The molecule has 5 rings (SSSR count). The molecule has 0 saturated carbocycles. The van der Waals surface area contributed by atoms with Crippen LogP contribution in [0, 0.1) is 5.82 Å². The fourth-order valence-electron chi connectivity index (χ4n) is 4.13. The average Bonchev–Trinajstić information content (AvgIpc) is 3.58. The molecule has 2 aliphatic heterocycles. The van der Waals surface area contributed by atoms with Gasteiger partial charge in [0.05, 0.1) is 37.4 Å². The van der Waals surface area contributed by atoms with Gasteiger partial charge in [-0.1, -0.05) is 23.5 Å². The number of aromatic nitrogens is 1. The van der Waals surface area contributed by atoms with Gasteiger partial charge in [-0.15, -0.1) is 0 Å². The number of hydrogen-bond donors (Lipinski definition) is 2. The molecular weight excluding hydrogens is 469 g/mol. The number of rotatable bonds is 6. The number of benzene rings is 2. The Morgan fingerprint density at radius 3 is 2.77 bits per heavy atom. The van der Waals surface area contributed by atoms with Crippen LogP contribution in [0.15, 0.2) is 47.7 Å². The number of nitrogens with zero attached hydrogens (tertiary/aromatic N) is 4.